The van der Waals surface area contributed by atoms with Crippen LogP contribution in [-0.2, 0) is 15.0 Å². The van der Waals surface area contributed by atoms with Crippen molar-refractivity contribution in [2.75, 3.05) is 11.5 Å². The van der Waals surface area contributed by atoms with E-state index in [4.69, 9.17) is 0 Å². The Morgan fingerprint density at radius 3 is 2.22 bits per heavy atom. The molecule has 4 aromatic rings. The summed E-state index contributed by atoms with van der Waals surface area (Å²) < 4.78 is 0. The number of aromatic nitrogens is 3. The van der Waals surface area contributed by atoms with Gasteiger partial charge in [-0.1, -0.05) is 48.5 Å². The van der Waals surface area contributed by atoms with Gasteiger partial charge < -0.3 is 5.11 Å². The maximum Gasteiger partial charge on any atom is 0.239 e. The first-order valence-corrected chi connectivity index (χ1v) is 10.6. The van der Waals surface area contributed by atoms with Crippen LogP contribution in [0, 0.1) is 11.8 Å². The van der Waals surface area contributed by atoms with Crippen molar-refractivity contribution in [1.29, 1.82) is 0 Å². The number of imide groups is 1. The molecule has 1 saturated heterocycles. The lowest BCUT2D eigenvalue weighted by Gasteiger charge is -2.53. The maximum atomic E-state index is 13.9. The second-order valence-corrected chi connectivity index (χ2v) is 8.79. The predicted octanol–water partition coefficient (Wildman–Crippen LogP) is 2.50. The second kappa shape index (κ2) is 5.89. The fourth-order valence-electron chi connectivity index (χ4n) is 6.42. The fraction of sp³-hybridized carbons (Fsp3) is 0.200. The van der Waals surface area contributed by atoms with E-state index in [-0.39, 0.29) is 24.3 Å². The number of amides is 2. The Hall–Kier alpha value is -3.84. The topological polar surface area (TPSA) is 99.2 Å². The number of H-pyrrole nitrogens is 1. The molecule has 2 amide bonds. The number of carbonyl (C=O) groups excluding carboxylic acids is 2. The van der Waals surface area contributed by atoms with Gasteiger partial charge in [0.1, 0.15) is 11.0 Å². The molecular weight excluding hydrogens is 404 g/mol. The molecule has 2 N–H and O–H groups in total. The quantitative estimate of drug-likeness (QED) is 0.484. The minimum Gasteiger partial charge on any atom is -0.395 e. The predicted molar refractivity (Wildman–Crippen MR) is 116 cm³/mol. The number of fused-ring (bicyclic) bond motifs is 1. The molecule has 2 atom stereocenters. The third-order valence-corrected chi connectivity index (χ3v) is 7.60. The van der Waals surface area contributed by atoms with E-state index >= 15 is 0 Å². The molecule has 7 nitrogen and oxygen atoms in total. The zero-order chi connectivity index (χ0) is 21.6. The smallest absolute Gasteiger partial charge is 0.239 e. The Bertz CT molecular complexity index is 1410. The van der Waals surface area contributed by atoms with Crippen LogP contribution in [0.5, 0.6) is 0 Å². The molecule has 1 aromatic heterocycles. The molecule has 7 heteroatoms. The number of nitrogens with zero attached hydrogens (tertiary/aromatic N) is 3. The zero-order valence-electron chi connectivity index (χ0n) is 16.9. The maximum absolute atomic E-state index is 13.9. The van der Waals surface area contributed by atoms with Crippen LogP contribution in [0.2, 0.25) is 0 Å². The van der Waals surface area contributed by atoms with Gasteiger partial charge in [-0.25, -0.2) is 4.90 Å². The molecule has 1 aliphatic heterocycles. The number of hydrogen-bond donors (Lipinski definition) is 2. The van der Waals surface area contributed by atoms with Gasteiger partial charge in [0.2, 0.25) is 11.8 Å². The van der Waals surface area contributed by atoms with Gasteiger partial charge in [0, 0.05) is 5.92 Å². The fourth-order valence-corrected chi connectivity index (χ4v) is 6.42. The van der Waals surface area contributed by atoms with Gasteiger partial charge in [-0.3, -0.25) is 9.59 Å². The number of aliphatic hydroxyl groups excluding tert-OH is 1. The Labute approximate surface area is 182 Å². The minimum absolute atomic E-state index is 0.224. The lowest BCUT2D eigenvalue weighted by Crippen LogP contribution is -2.55. The van der Waals surface area contributed by atoms with Gasteiger partial charge in [0.05, 0.1) is 29.5 Å². The highest BCUT2D eigenvalue weighted by molar-refractivity contribution is 6.24. The van der Waals surface area contributed by atoms with Gasteiger partial charge in [0.15, 0.2) is 0 Å². The van der Waals surface area contributed by atoms with Gasteiger partial charge in [0.25, 0.3) is 0 Å². The summed E-state index contributed by atoms with van der Waals surface area (Å²) in [5, 5.41) is 21.6. The van der Waals surface area contributed by atoms with Gasteiger partial charge in [-0.2, -0.15) is 15.4 Å². The van der Waals surface area contributed by atoms with Crippen LogP contribution in [0.4, 0.5) is 5.69 Å². The van der Waals surface area contributed by atoms with Crippen molar-refractivity contribution >= 4 is 28.5 Å². The van der Waals surface area contributed by atoms with E-state index in [1.54, 1.807) is 18.2 Å². The lowest BCUT2D eigenvalue weighted by atomic mass is 9.47. The van der Waals surface area contributed by atoms with E-state index in [2.05, 4.69) is 15.4 Å². The van der Waals surface area contributed by atoms with Crippen molar-refractivity contribution < 1.29 is 14.7 Å². The van der Waals surface area contributed by atoms with E-state index in [1.807, 2.05) is 48.5 Å². The summed E-state index contributed by atoms with van der Waals surface area (Å²) in [7, 11) is 0. The molecule has 156 valence electrons. The van der Waals surface area contributed by atoms with Crippen molar-refractivity contribution in [2.24, 2.45) is 11.8 Å². The number of benzene rings is 3. The number of rotatable bonds is 2. The third kappa shape index (κ3) is 1.87. The van der Waals surface area contributed by atoms with Crippen LogP contribution >= 0.6 is 0 Å². The average Bonchev–Trinajstić information content (AvgIpc) is 3.41. The van der Waals surface area contributed by atoms with Crippen molar-refractivity contribution in [1.82, 2.24) is 15.4 Å². The number of aliphatic hydroxyl groups is 1. The molecule has 3 aromatic carbocycles. The summed E-state index contributed by atoms with van der Waals surface area (Å²) in [5.41, 5.74) is 4.72. The van der Waals surface area contributed by atoms with E-state index in [1.165, 1.54) is 4.90 Å². The first-order valence-electron chi connectivity index (χ1n) is 10.6. The molecule has 1 fully saturated rings. The van der Waals surface area contributed by atoms with Crippen LogP contribution in [-0.4, -0.2) is 38.9 Å². The highest BCUT2D eigenvalue weighted by Crippen LogP contribution is 2.64. The molecule has 32 heavy (non-hydrogen) atoms. The SMILES string of the molecule is O=C1C2C3c4ccccc4C(CO)(c4ccccc43)C2C(=O)N1c1ccc2n[nH]nc2c1. The van der Waals surface area contributed by atoms with Gasteiger partial charge in [-0.15, -0.1) is 0 Å². The summed E-state index contributed by atoms with van der Waals surface area (Å²) >= 11 is 0. The van der Waals surface area contributed by atoms with E-state index in [0.29, 0.717) is 16.7 Å². The summed E-state index contributed by atoms with van der Waals surface area (Å²) in [5.74, 6) is -1.95. The van der Waals surface area contributed by atoms with Crippen LogP contribution in [0.15, 0.2) is 66.7 Å². The third-order valence-electron chi connectivity index (χ3n) is 7.60. The number of aromatic amines is 1. The van der Waals surface area contributed by atoms with Gasteiger partial charge in [-0.05, 0) is 40.5 Å². The Kier molecular flexibility index (Phi) is 3.28. The average molecular weight is 422 g/mol. The molecule has 2 bridgehead atoms. The number of nitrogens with one attached hydrogen (secondary N) is 1. The Morgan fingerprint density at radius 2 is 1.53 bits per heavy atom. The Morgan fingerprint density at radius 1 is 0.875 bits per heavy atom. The molecule has 8 rings (SSSR count). The summed E-state index contributed by atoms with van der Waals surface area (Å²) in [6.07, 6.45) is 0. The zero-order valence-corrected chi connectivity index (χ0v) is 16.9. The monoisotopic (exact) mass is 422 g/mol. The van der Waals surface area contributed by atoms with E-state index in [0.717, 1.165) is 22.3 Å². The number of anilines is 1. The number of hydrogen-bond acceptors (Lipinski definition) is 5. The summed E-state index contributed by atoms with van der Waals surface area (Å²) in [6, 6.07) is 21.0. The molecule has 2 unspecified atom stereocenters. The highest BCUT2D eigenvalue weighted by atomic mass is 16.3. The second-order valence-electron chi connectivity index (χ2n) is 8.79. The molecule has 4 aliphatic rings. The van der Waals surface area contributed by atoms with Crippen molar-refractivity contribution in [2.45, 2.75) is 11.3 Å². The van der Waals surface area contributed by atoms with Crippen molar-refractivity contribution in [3.05, 3.63) is 89.0 Å². The van der Waals surface area contributed by atoms with Crippen molar-refractivity contribution in [3.8, 4) is 0 Å². The molecule has 2 heterocycles. The Balaban J connectivity index is 1.49. The van der Waals surface area contributed by atoms with Crippen LogP contribution in [0.1, 0.15) is 28.2 Å². The van der Waals surface area contributed by atoms with Crippen LogP contribution in [0.25, 0.3) is 11.0 Å². The van der Waals surface area contributed by atoms with Crippen LogP contribution < -0.4 is 4.90 Å². The molecule has 3 aliphatic carbocycles. The largest absolute Gasteiger partial charge is 0.395 e. The lowest BCUT2D eigenvalue weighted by molar-refractivity contribution is -0.124. The molecule has 0 radical (unpaired) electrons. The molecule has 0 spiro atoms. The normalized spacial score (nSPS) is 27.5. The minimum atomic E-state index is -0.952. The first-order chi connectivity index (χ1) is 15.7. The summed E-state index contributed by atoms with van der Waals surface area (Å²) in [6.45, 7) is -0.246. The van der Waals surface area contributed by atoms with E-state index < -0.39 is 17.3 Å². The molecule has 0 saturated carbocycles. The number of carbonyl (C=O) groups is 2. The first kappa shape index (κ1) is 17.8. The molecular formula is C25H18N4O3. The standard InChI is InChI=1S/C25H18N4O3/c30-12-25-16-7-3-1-5-14(16)20(15-6-2-4-8-17(15)25)21-22(25)24(32)29(23(21)31)13-9-10-18-19(11-13)27-28-26-18/h1-11,20-22,30H,12H2,(H,26,27,28). The van der Waals surface area contributed by atoms with Gasteiger partial charge >= 0.3 is 0 Å². The van der Waals surface area contributed by atoms with Crippen LogP contribution in [0.3, 0.4) is 0 Å². The van der Waals surface area contributed by atoms with E-state index in [9.17, 15) is 14.7 Å². The van der Waals surface area contributed by atoms with Crippen molar-refractivity contribution in [3.63, 3.8) is 0 Å². The highest BCUT2D eigenvalue weighted by Gasteiger charge is 2.68. The summed E-state index contributed by atoms with van der Waals surface area (Å²) in [4.78, 5) is 29.1.